The van der Waals surface area contributed by atoms with E-state index in [0.29, 0.717) is 0 Å². The minimum atomic E-state index is -0.720. The highest BCUT2D eigenvalue weighted by atomic mass is 16.3. The van der Waals surface area contributed by atoms with E-state index in [4.69, 9.17) is 15.3 Å². The summed E-state index contributed by atoms with van der Waals surface area (Å²) in [5.74, 6) is 0. The summed E-state index contributed by atoms with van der Waals surface area (Å²) < 4.78 is 0. The van der Waals surface area contributed by atoms with E-state index in [1.54, 1.807) is 0 Å². The molecule has 0 aromatic carbocycles. The van der Waals surface area contributed by atoms with Gasteiger partial charge in [-0.3, -0.25) is 0 Å². The average molecular weight is 132 g/mol. The maximum absolute atomic E-state index is 9.04. The molecular weight excluding hydrogens is 120 g/mol. The molecule has 0 radical (unpaired) electrons. The molecule has 3 N–H and O–H groups in total. The number of hydrogen-bond acceptors (Lipinski definition) is 3. The van der Waals surface area contributed by atoms with E-state index >= 15 is 0 Å². The van der Waals surface area contributed by atoms with Crippen LogP contribution < -0.4 is 0 Å². The second-order valence-electron chi connectivity index (χ2n) is 2.72. The van der Waals surface area contributed by atoms with Crippen molar-refractivity contribution in [1.29, 1.82) is 0 Å². The van der Waals surface area contributed by atoms with Crippen molar-refractivity contribution in [1.82, 2.24) is 0 Å². The highest BCUT2D eigenvalue weighted by molar-refractivity contribution is 4.97. The molecule has 3 heteroatoms. The summed E-state index contributed by atoms with van der Waals surface area (Å²) in [6.07, 6.45) is 0.957. The Morgan fingerprint density at radius 2 is 1.89 bits per heavy atom. The molecule has 1 aliphatic carbocycles. The van der Waals surface area contributed by atoms with E-state index in [9.17, 15) is 0 Å². The maximum atomic E-state index is 9.04. The summed E-state index contributed by atoms with van der Waals surface area (Å²) in [7, 11) is 0. The molecule has 1 aliphatic rings. The second kappa shape index (κ2) is 2.25. The van der Waals surface area contributed by atoms with Crippen LogP contribution in [0.3, 0.4) is 0 Å². The lowest BCUT2D eigenvalue weighted by atomic mass is 10.0. The maximum Gasteiger partial charge on any atom is 0.0848 e. The van der Waals surface area contributed by atoms with Crippen LogP contribution in [0.25, 0.3) is 0 Å². The minimum Gasteiger partial charge on any atom is -0.396 e. The van der Waals surface area contributed by atoms with Gasteiger partial charge in [0.2, 0.25) is 0 Å². The summed E-state index contributed by atoms with van der Waals surface area (Å²) >= 11 is 0. The Hall–Kier alpha value is -0.120. The van der Waals surface area contributed by atoms with Crippen molar-refractivity contribution in [3.8, 4) is 0 Å². The molecule has 0 amide bonds. The Labute approximate surface area is 53.9 Å². The first-order valence-corrected chi connectivity index (χ1v) is 3.15. The quantitative estimate of drug-likeness (QED) is 0.467. The lowest BCUT2D eigenvalue weighted by molar-refractivity contribution is 0.00913. The van der Waals surface area contributed by atoms with Crippen molar-refractivity contribution >= 4 is 0 Å². The molecule has 0 aromatic heterocycles. The predicted molar refractivity (Wildman–Crippen MR) is 31.8 cm³/mol. The van der Waals surface area contributed by atoms with Crippen LogP contribution in [0.5, 0.6) is 0 Å². The zero-order valence-corrected chi connectivity index (χ0v) is 5.25. The van der Waals surface area contributed by atoms with E-state index in [0.717, 1.165) is 12.8 Å². The Kier molecular flexibility index (Phi) is 1.75. The normalized spacial score (nSPS) is 25.7. The molecule has 0 spiro atoms. The number of hydrogen-bond donors (Lipinski definition) is 3. The highest BCUT2D eigenvalue weighted by Crippen LogP contribution is 2.47. The van der Waals surface area contributed by atoms with Gasteiger partial charge in [-0.25, -0.2) is 0 Å². The molecule has 1 atom stereocenters. The third-order valence-electron chi connectivity index (χ3n) is 2.09. The molecule has 1 unspecified atom stereocenters. The summed E-state index contributed by atoms with van der Waals surface area (Å²) in [5, 5.41) is 26.2. The molecule has 0 bridgehead atoms. The molecule has 3 nitrogen and oxygen atoms in total. The van der Waals surface area contributed by atoms with Gasteiger partial charge < -0.3 is 15.3 Å². The van der Waals surface area contributed by atoms with Crippen LogP contribution in [0.1, 0.15) is 12.8 Å². The van der Waals surface area contributed by atoms with Gasteiger partial charge in [0.25, 0.3) is 0 Å². The Bertz CT molecular complexity index is 98.5. The molecular formula is C6H12O3. The molecule has 0 heterocycles. The predicted octanol–water partition coefficient (Wildman–Crippen LogP) is -0.888. The van der Waals surface area contributed by atoms with Gasteiger partial charge in [-0.1, -0.05) is 0 Å². The third kappa shape index (κ3) is 1.08. The van der Waals surface area contributed by atoms with E-state index in [2.05, 4.69) is 0 Å². The van der Waals surface area contributed by atoms with Gasteiger partial charge in [-0.05, 0) is 12.8 Å². The van der Waals surface area contributed by atoms with Crippen LogP contribution in [0, 0.1) is 5.41 Å². The number of rotatable bonds is 3. The summed E-state index contributed by atoms with van der Waals surface area (Å²) in [6.45, 7) is -0.241. The zero-order chi connectivity index (χ0) is 6.91. The van der Waals surface area contributed by atoms with Crippen molar-refractivity contribution in [2.24, 2.45) is 5.41 Å². The largest absolute Gasteiger partial charge is 0.396 e. The molecule has 0 saturated heterocycles. The van der Waals surface area contributed by atoms with Crippen molar-refractivity contribution in [2.45, 2.75) is 18.9 Å². The van der Waals surface area contributed by atoms with Crippen molar-refractivity contribution in [3.63, 3.8) is 0 Å². The number of aliphatic hydroxyl groups excluding tert-OH is 3. The van der Waals surface area contributed by atoms with Crippen LogP contribution >= 0.6 is 0 Å². The lowest BCUT2D eigenvalue weighted by Crippen LogP contribution is -2.28. The second-order valence-corrected chi connectivity index (χ2v) is 2.72. The molecule has 54 valence electrons. The van der Waals surface area contributed by atoms with Crippen molar-refractivity contribution in [2.75, 3.05) is 13.2 Å². The highest BCUT2D eigenvalue weighted by Gasteiger charge is 2.47. The van der Waals surface area contributed by atoms with Gasteiger partial charge >= 0.3 is 0 Å². The molecule has 1 rings (SSSR count). The smallest absolute Gasteiger partial charge is 0.0848 e. The lowest BCUT2D eigenvalue weighted by Gasteiger charge is -2.16. The van der Waals surface area contributed by atoms with Crippen molar-refractivity contribution < 1.29 is 15.3 Å². The summed E-state index contributed by atoms with van der Waals surface area (Å²) in [5.41, 5.74) is -0.339. The van der Waals surface area contributed by atoms with E-state index in [1.165, 1.54) is 0 Å². The third-order valence-corrected chi connectivity index (χ3v) is 2.09. The number of aliphatic hydroxyl groups is 3. The average Bonchev–Trinajstić information content (AvgIpc) is 2.66. The Morgan fingerprint density at radius 3 is 2.00 bits per heavy atom. The van der Waals surface area contributed by atoms with Crippen LogP contribution in [-0.2, 0) is 0 Å². The monoisotopic (exact) mass is 132 g/mol. The first-order valence-electron chi connectivity index (χ1n) is 3.15. The molecule has 0 aliphatic heterocycles. The fraction of sp³-hybridized carbons (Fsp3) is 1.00. The topological polar surface area (TPSA) is 60.7 Å². The fourth-order valence-electron chi connectivity index (χ4n) is 0.951. The first-order chi connectivity index (χ1) is 4.25. The van der Waals surface area contributed by atoms with Crippen LogP contribution in [0.2, 0.25) is 0 Å². The SMILES string of the molecule is OCC(O)C1(CO)CC1. The Morgan fingerprint density at radius 1 is 1.33 bits per heavy atom. The minimum absolute atomic E-state index is 0.00523. The van der Waals surface area contributed by atoms with Gasteiger partial charge in [-0.15, -0.1) is 0 Å². The van der Waals surface area contributed by atoms with Gasteiger partial charge in [0.05, 0.1) is 19.3 Å². The van der Waals surface area contributed by atoms with Gasteiger partial charge in [0, 0.05) is 5.41 Å². The van der Waals surface area contributed by atoms with Gasteiger partial charge in [0.15, 0.2) is 0 Å². The van der Waals surface area contributed by atoms with E-state index < -0.39 is 6.10 Å². The fourth-order valence-corrected chi connectivity index (χ4v) is 0.951. The van der Waals surface area contributed by atoms with Gasteiger partial charge in [0.1, 0.15) is 0 Å². The van der Waals surface area contributed by atoms with Crippen LogP contribution in [0.15, 0.2) is 0 Å². The standard InChI is InChI=1S/C6H12O3/c7-3-5(9)6(4-8)1-2-6/h5,7-9H,1-4H2. The molecule has 9 heavy (non-hydrogen) atoms. The molecule has 0 aromatic rings. The summed E-state index contributed by atoms with van der Waals surface area (Å²) in [4.78, 5) is 0. The molecule has 1 fully saturated rings. The Balaban J connectivity index is 2.39. The summed E-state index contributed by atoms with van der Waals surface area (Å²) in [6, 6.07) is 0. The zero-order valence-electron chi connectivity index (χ0n) is 5.25. The van der Waals surface area contributed by atoms with E-state index in [-0.39, 0.29) is 18.6 Å². The van der Waals surface area contributed by atoms with E-state index in [1.807, 2.05) is 0 Å². The van der Waals surface area contributed by atoms with Crippen LogP contribution in [0.4, 0.5) is 0 Å². The molecule has 1 saturated carbocycles. The first kappa shape index (κ1) is 6.99. The van der Waals surface area contributed by atoms with Crippen LogP contribution in [-0.4, -0.2) is 34.6 Å². The van der Waals surface area contributed by atoms with Crippen molar-refractivity contribution in [3.05, 3.63) is 0 Å². The van der Waals surface area contributed by atoms with Gasteiger partial charge in [-0.2, -0.15) is 0 Å².